The SMILES string of the molecule is C[SiH](C1=NCCS1)N(c1ccccc1)c1ccccc1. The molecule has 0 saturated heterocycles. The van der Waals surface area contributed by atoms with Crippen molar-refractivity contribution in [2.75, 3.05) is 16.9 Å². The van der Waals surface area contributed by atoms with E-state index in [1.807, 2.05) is 11.8 Å². The first kappa shape index (κ1) is 13.5. The lowest BCUT2D eigenvalue weighted by molar-refractivity contribution is 1.18. The van der Waals surface area contributed by atoms with E-state index in [1.54, 1.807) is 0 Å². The average molecular weight is 298 g/mol. The Bertz CT molecular complexity index is 546. The average Bonchev–Trinajstić information content (AvgIpc) is 3.04. The minimum absolute atomic E-state index is 0.981. The van der Waals surface area contributed by atoms with Crippen LogP contribution in [0.4, 0.5) is 11.4 Å². The van der Waals surface area contributed by atoms with Crippen LogP contribution in [-0.4, -0.2) is 25.9 Å². The maximum Gasteiger partial charge on any atom is 0.203 e. The number of hydrogen-bond donors (Lipinski definition) is 0. The molecule has 0 aromatic heterocycles. The van der Waals surface area contributed by atoms with Crippen molar-refractivity contribution < 1.29 is 0 Å². The molecule has 102 valence electrons. The summed E-state index contributed by atoms with van der Waals surface area (Å²) in [4.78, 5) is 4.71. The second-order valence-corrected chi connectivity index (χ2v) is 8.73. The third-order valence-corrected chi connectivity index (χ3v) is 8.03. The van der Waals surface area contributed by atoms with Gasteiger partial charge in [0.05, 0.1) is 4.67 Å². The zero-order chi connectivity index (χ0) is 13.8. The predicted molar refractivity (Wildman–Crippen MR) is 92.8 cm³/mol. The molecule has 1 heterocycles. The normalized spacial score (nSPS) is 15.8. The van der Waals surface area contributed by atoms with Gasteiger partial charge in [-0.25, -0.2) is 0 Å². The van der Waals surface area contributed by atoms with Crippen LogP contribution in [0.3, 0.4) is 0 Å². The second-order valence-electron chi connectivity index (χ2n) is 4.79. The summed E-state index contributed by atoms with van der Waals surface area (Å²) in [5, 5.41) is 0. The van der Waals surface area contributed by atoms with Gasteiger partial charge in [0.15, 0.2) is 0 Å². The lowest BCUT2D eigenvalue weighted by atomic mass is 10.3. The number of anilines is 2. The molecule has 2 aromatic carbocycles. The first-order valence-electron chi connectivity index (χ1n) is 6.93. The Hall–Kier alpha value is -1.52. The zero-order valence-corrected chi connectivity index (χ0v) is 13.5. The van der Waals surface area contributed by atoms with Crippen molar-refractivity contribution in [3.63, 3.8) is 0 Å². The van der Waals surface area contributed by atoms with Gasteiger partial charge in [0.25, 0.3) is 0 Å². The third-order valence-electron chi connectivity index (χ3n) is 3.42. The molecule has 4 heteroatoms. The minimum atomic E-state index is -1.28. The van der Waals surface area contributed by atoms with Gasteiger partial charge < -0.3 is 4.57 Å². The standard InChI is InChI=1S/C16H18N2SSi/c1-20(16-17-12-13-19-16)18(14-8-4-2-5-9-14)15-10-6-3-7-11-15/h2-11,20H,12-13H2,1H3. The fraction of sp³-hybridized carbons (Fsp3) is 0.188. The molecule has 2 nitrogen and oxygen atoms in total. The monoisotopic (exact) mass is 298 g/mol. The molecule has 0 saturated carbocycles. The molecule has 20 heavy (non-hydrogen) atoms. The number of para-hydroxylation sites is 2. The summed E-state index contributed by atoms with van der Waals surface area (Å²) in [6, 6.07) is 21.3. The van der Waals surface area contributed by atoms with Crippen molar-refractivity contribution in [1.29, 1.82) is 0 Å². The van der Waals surface area contributed by atoms with E-state index in [4.69, 9.17) is 4.99 Å². The molecule has 1 aliphatic rings. The minimum Gasteiger partial charge on any atom is -0.365 e. The van der Waals surface area contributed by atoms with Crippen LogP contribution in [0.1, 0.15) is 0 Å². The van der Waals surface area contributed by atoms with Crippen molar-refractivity contribution in [1.82, 2.24) is 0 Å². The van der Waals surface area contributed by atoms with Gasteiger partial charge in [0.2, 0.25) is 8.96 Å². The maximum absolute atomic E-state index is 4.71. The Morgan fingerprint density at radius 2 is 1.50 bits per heavy atom. The first-order valence-corrected chi connectivity index (χ1v) is 10.2. The van der Waals surface area contributed by atoms with Gasteiger partial charge in [0, 0.05) is 23.7 Å². The fourth-order valence-corrected chi connectivity index (χ4v) is 6.55. The molecule has 3 rings (SSSR count). The molecule has 0 radical (unpaired) electrons. The lowest BCUT2D eigenvalue weighted by Gasteiger charge is -2.30. The first-order chi connectivity index (χ1) is 9.86. The van der Waals surface area contributed by atoms with Crippen molar-refractivity contribution in [3.05, 3.63) is 60.7 Å². The molecule has 0 bridgehead atoms. The number of rotatable bonds is 4. The van der Waals surface area contributed by atoms with Gasteiger partial charge in [-0.1, -0.05) is 36.4 Å². The number of thioether (sulfide) groups is 1. The van der Waals surface area contributed by atoms with Crippen LogP contribution >= 0.6 is 11.8 Å². The van der Waals surface area contributed by atoms with Crippen LogP contribution in [0.15, 0.2) is 65.7 Å². The van der Waals surface area contributed by atoms with Gasteiger partial charge in [0.1, 0.15) is 0 Å². The van der Waals surface area contributed by atoms with E-state index < -0.39 is 8.96 Å². The van der Waals surface area contributed by atoms with Gasteiger partial charge in [-0.05, 0) is 30.8 Å². The van der Waals surface area contributed by atoms with Crippen LogP contribution in [0.5, 0.6) is 0 Å². The summed E-state index contributed by atoms with van der Waals surface area (Å²) >= 11 is 1.94. The summed E-state index contributed by atoms with van der Waals surface area (Å²) in [5.41, 5.74) is 2.54. The number of nitrogens with zero attached hydrogens (tertiary/aromatic N) is 2. The Labute approximate surface area is 126 Å². The lowest BCUT2D eigenvalue weighted by Crippen LogP contribution is -2.38. The molecule has 0 aliphatic carbocycles. The van der Waals surface area contributed by atoms with Crippen LogP contribution in [-0.2, 0) is 0 Å². The second kappa shape index (κ2) is 6.28. The van der Waals surface area contributed by atoms with Gasteiger partial charge in [-0.15, -0.1) is 11.8 Å². The number of hydrogen-bond acceptors (Lipinski definition) is 3. The van der Waals surface area contributed by atoms with Crippen LogP contribution < -0.4 is 4.57 Å². The van der Waals surface area contributed by atoms with Gasteiger partial charge in [-0.3, -0.25) is 4.99 Å². The van der Waals surface area contributed by atoms with Crippen molar-refractivity contribution in [2.24, 2.45) is 4.99 Å². The summed E-state index contributed by atoms with van der Waals surface area (Å²) < 4.78 is 3.87. The van der Waals surface area contributed by atoms with Gasteiger partial charge >= 0.3 is 0 Å². The quantitative estimate of drug-likeness (QED) is 0.797. The maximum atomic E-state index is 4.71. The highest BCUT2D eigenvalue weighted by atomic mass is 32.2. The fourth-order valence-electron chi connectivity index (χ4n) is 2.49. The van der Waals surface area contributed by atoms with E-state index in [9.17, 15) is 0 Å². The van der Waals surface area contributed by atoms with E-state index >= 15 is 0 Å². The largest absolute Gasteiger partial charge is 0.365 e. The molecule has 0 fully saturated rings. The van der Waals surface area contributed by atoms with Crippen molar-refractivity contribution >= 4 is 36.8 Å². The Morgan fingerprint density at radius 3 is 1.95 bits per heavy atom. The van der Waals surface area contributed by atoms with Crippen LogP contribution in [0.2, 0.25) is 6.55 Å². The molecule has 2 aromatic rings. The molecule has 1 aliphatic heterocycles. The summed E-state index contributed by atoms with van der Waals surface area (Å²) in [6.07, 6.45) is 0. The van der Waals surface area contributed by atoms with E-state index in [1.165, 1.54) is 16.0 Å². The predicted octanol–water partition coefficient (Wildman–Crippen LogP) is 3.86. The molecule has 0 N–H and O–H groups in total. The van der Waals surface area contributed by atoms with E-state index in [2.05, 4.69) is 71.8 Å². The smallest absolute Gasteiger partial charge is 0.203 e. The Balaban J connectivity index is 2.00. The molecular formula is C16H18N2SSi. The third kappa shape index (κ3) is 2.81. The molecular weight excluding hydrogens is 280 g/mol. The van der Waals surface area contributed by atoms with E-state index in [0.717, 1.165) is 12.3 Å². The van der Waals surface area contributed by atoms with Crippen LogP contribution in [0.25, 0.3) is 0 Å². The zero-order valence-electron chi connectivity index (χ0n) is 11.6. The highest BCUT2D eigenvalue weighted by Crippen LogP contribution is 2.29. The van der Waals surface area contributed by atoms with E-state index in [-0.39, 0.29) is 0 Å². The summed E-state index contributed by atoms with van der Waals surface area (Å²) in [5.74, 6) is 1.14. The highest BCUT2D eigenvalue weighted by molar-refractivity contribution is 8.17. The van der Waals surface area contributed by atoms with Crippen molar-refractivity contribution in [3.8, 4) is 0 Å². The molecule has 1 atom stereocenters. The number of aliphatic imine (C=N–C) groups is 1. The Kier molecular flexibility index (Phi) is 4.23. The van der Waals surface area contributed by atoms with Crippen LogP contribution in [0, 0.1) is 0 Å². The summed E-state index contributed by atoms with van der Waals surface area (Å²) in [7, 11) is -1.28. The Morgan fingerprint density at radius 1 is 0.950 bits per heavy atom. The molecule has 1 unspecified atom stereocenters. The summed E-state index contributed by atoms with van der Waals surface area (Å²) in [6.45, 7) is 3.35. The van der Waals surface area contributed by atoms with E-state index in [0.29, 0.717) is 0 Å². The molecule has 0 spiro atoms. The molecule has 0 amide bonds. The highest BCUT2D eigenvalue weighted by Gasteiger charge is 2.25. The van der Waals surface area contributed by atoms with Gasteiger partial charge in [-0.2, -0.15) is 0 Å². The van der Waals surface area contributed by atoms with Crippen molar-refractivity contribution in [2.45, 2.75) is 6.55 Å². The topological polar surface area (TPSA) is 15.6 Å². The number of benzene rings is 2.